The molecule has 0 saturated heterocycles. The summed E-state index contributed by atoms with van der Waals surface area (Å²) in [5.41, 5.74) is -19.2. The van der Waals surface area contributed by atoms with Crippen LogP contribution in [0.5, 0.6) is 0 Å². The average Bonchev–Trinajstić information content (AvgIpc) is 1.52. The van der Waals surface area contributed by atoms with Crippen molar-refractivity contribution >= 4 is 44.6 Å². The topological polar surface area (TPSA) is 105 Å². The summed E-state index contributed by atoms with van der Waals surface area (Å²) in [5, 5.41) is 0. The van der Waals surface area contributed by atoms with Crippen molar-refractivity contribution in [3.8, 4) is 0 Å². The number of halogens is 20. The summed E-state index contributed by atoms with van der Waals surface area (Å²) < 4.78 is 370. The SMILES string of the molecule is Fc1c(F)c(F)c(/C2=c3\cc/c(o3)=C(\C3=c4/cc/c(o4)=C(\c4c(F)c(F)c(F)c(F)c4F)c4ccc(o4)/C(c4ccccc4)=c4/cc/c(o4)=C(\c4c(F)c(F)c(F)c(F)c4F)c4ccc3o4)c3ccc(o3)/C(c3c(F)c(F)c(F)c(F)c3F)=c3/cc/c(o3)=C(\c3ccccc3)c3ccc2o3)c(F)c1F. The van der Waals surface area contributed by atoms with Crippen molar-refractivity contribution in [2.75, 3.05) is 0 Å². The zero-order valence-corrected chi connectivity index (χ0v) is 50.8. The molecular formula is C76H26F20O8. The lowest BCUT2D eigenvalue weighted by atomic mass is 10.00. The van der Waals surface area contributed by atoms with Gasteiger partial charge in [-0.25, -0.2) is 87.8 Å². The molecule has 16 bridgehead atoms. The molecule has 0 atom stereocenters. The molecule has 518 valence electrons. The monoisotopic (exact) mass is 1450 g/mol. The molecule has 8 nitrogen and oxygen atoms in total. The maximum atomic E-state index is 16.7. The van der Waals surface area contributed by atoms with Gasteiger partial charge in [-0.15, -0.1) is 0 Å². The largest absolute Gasteiger partial charge is 0.456 e. The minimum absolute atomic E-state index is 0.131. The molecule has 14 aromatic rings. The zero-order valence-electron chi connectivity index (χ0n) is 50.8. The van der Waals surface area contributed by atoms with E-state index in [0.717, 1.165) is 97.1 Å². The zero-order chi connectivity index (χ0) is 72.9. The van der Waals surface area contributed by atoms with Gasteiger partial charge in [0.05, 0.1) is 66.8 Å². The molecule has 0 saturated carbocycles. The van der Waals surface area contributed by atoms with Gasteiger partial charge >= 0.3 is 0 Å². The highest BCUT2D eigenvalue weighted by Crippen LogP contribution is 2.41. The molecule has 104 heavy (non-hydrogen) atoms. The van der Waals surface area contributed by atoms with E-state index in [0.29, 0.717) is 0 Å². The Morgan fingerprint density at radius 1 is 0.135 bits per heavy atom. The van der Waals surface area contributed by atoms with Crippen LogP contribution in [0.2, 0.25) is 0 Å². The minimum Gasteiger partial charge on any atom is -0.456 e. The summed E-state index contributed by atoms with van der Waals surface area (Å²) in [6.07, 6.45) is 0. The van der Waals surface area contributed by atoms with E-state index in [2.05, 4.69) is 0 Å². The number of hydrogen-bond donors (Lipinski definition) is 0. The first-order chi connectivity index (χ1) is 49.9. The van der Waals surface area contributed by atoms with Crippen molar-refractivity contribution in [3.63, 3.8) is 0 Å². The molecule has 0 N–H and O–H groups in total. The van der Waals surface area contributed by atoms with Gasteiger partial charge in [0.15, 0.2) is 93.1 Å². The van der Waals surface area contributed by atoms with Gasteiger partial charge in [-0.3, -0.25) is 0 Å². The molecule has 0 spiro atoms. The Morgan fingerprint density at radius 2 is 0.288 bits per heavy atom. The molecule has 0 fully saturated rings. The molecule has 0 radical (unpaired) electrons. The lowest BCUT2D eigenvalue weighted by Gasteiger charge is -2.12. The van der Waals surface area contributed by atoms with Crippen LogP contribution in [0.15, 0.2) is 193 Å². The normalized spacial score (nSPS) is 17.4. The Morgan fingerprint density at radius 3 is 0.490 bits per heavy atom. The van der Waals surface area contributed by atoms with Gasteiger partial charge in [-0.05, 0) is 108 Å². The van der Waals surface area contributed by atoms with Crippen LogP contribution >= 0.6 is 0 Å². The van der Waals surface area contributed by atoms with E-state index in [4.69, 9.17) is 35.3 Å². The lowest BCUT2D eigenvalue weighted by molar-refractivity contribution is 0.375. The van der Waals surface area contributed by atoms with Crippen LogP contribution < -0.4 is 43.3 Å². The highest BCUT2D eigenvalue weighted by Gasteiger charge is 2.38. The van der Waals surface area contributed by atoms with Crippen LogP contribution in [-0.4, -0.2) is 0 Å². The van der Waals surface area contributed by atoms with E-state index in [9.17, 15) is 0 Å². The molecule has 2 aliphatic rings. The second kappa shape index (κ2) is 24.4. The number of hydrogen-bond acceptors (Lipinski definition) is 8. The van der Waals surface area contributed by atoms with Crippen molar-refractivity contribution < 1.29 is 123 Å². The van der Waals surface area contributed by atoms with Crippen LogP contribution in [0.4, 0.5) is 87.8 Å². The van der Waals surface area contributed by atoms with E-state index < -0.39 is 261 Å². The number of fused-ring (bicyclic) bond motifs is 16. The van der Waals surface area contributed by atoms with Gasteiger partial charge < -0.3 is 35.3 Å². The number of rotatable bonds is 7. The van der Waals surface area contributed by atoms with Crippen molar-refractivity contribution in [2.24, 2.45) is 0 Å². The maximum absolute atomic E-state index is 16.7. The molecule has 0 aliphatic carbocycles. The van der Waals surface area contributed by atoms with Crippen molar-refractivity contribution in [1.29, 1.82) is 0 Å². The number of benzene rings is 6. The third-order valence-electron chi connectivity index (χ3n) is 17.0. The quantitative estimate of drug-likeness (QED) is 0.0883. The second-order valence-corrected chi connectivity index (χ2v) is 22.8. The molecule has 10 heterocycles. The predicted molar refractivity (Wildman–Crippen MR) is 319 cm³/mol. The molecule has 8 aromatic heterocycles. The Hall–Kier alpha value is -12.9. The van der Waals surface area contributed by atoms with Crippen LogP contribution in [0.1, 0.15) is 79.5 Å². The number of furan rings is 8. The van der Waals surface area contributed by atoms with Gasteiger partial charge in [0.25, 0.3) is 0 Å². The van der Waals surface area contributed by atoms with Gasteiger partial charge in [0.1, 0.15) is 89.4 Å². The first-order valence-corrected chi connectivity index (χ1v) is 29.9. The first kappa shape index (κ1) is 65.7. The van der Waals surface area contributed by atoms with Crippen LogP contribution in [0.3, 0.4) is 0 Å². The van der Waals surface area contributed by atoms with Gasteiger partial charge in [-0.1, -0.05) is 60.7 Å². The van der Waals surface area contributed by atoms with E-state index in [-0.39, 0.29) is 22.3 Å². The van der Waals surface area contributed by atoms with Gasteiger partial charge in [-0.2, -0.15) is 0 Å². The van der Waals surface area contributed by atoms with Gasteiger partial charge in [0.2, 0.25) is 23.3 Å². The lowest BCUT2D eigenvalue weighted by Crippen LogP contribution is -2.17. The van der Waals surface area contributed by atoms with Crippen LogP contribution in [0.25, 0.3) is 44.6 Å². The smallest absolute Gasteiger partial charge is 0.200 e. The molecule has 0 amide bonds. The summed E-state index contributed by atoms with van der Waals surface area (Å²) >= 11 is 0. The Bertz CT molecular complexity index is 6110. The average molecular weight is 1450 g/mol. The van der Waals surface area contributed by atoms with Gasteiger partial charge in [0, 0.05) is 0 Å². The summed E-state index contributed by atoms with van der Waals surface area (Å²) in [6.45, 7) is 0. The molecule has 2 aliphatic heterocycles. The van der Waals surface area contributed by atoms with Crippen molar-refractivity contribution in [1.82, 2.24) is 0 Å². The Balaban J connectivity index is 1.12. The molecule has 16 rings (SSSR count). The predicted octanol–water partition coefficient (Wildman–Crippen LogP) is 14.4. The summed E-state index contributed by atoms with van der Waals surface area (Å²) in [6, 6.07) is 29.5. The Kier molecular flexibility index (Phi) is 15.4. The van der Waals surface area contributed by atoms with Crippen molar-refractivity contribution in [2.45, 2.75) is 0 Å². The fraction of sp³-hybridized carbons (Fsp3) is 0. The summed E-state index contributed by atoms with van der Waals surface area (Å²) in [4.78, 5) is 0. The van der Waals surface area contributed by atoms with E-state index in [1.54, 1.807) is 0 Å². The fourth-order valence-corrected chi connectivity index (χ4v) is 12.4. The van der Waals surface area contributed by atoms with E-state index in [1.165, 1.54) is 60.7 Å². The summed E-state index contributed by atoms with van der Waals surface area (Å²) in [5.74, 6) is -56.6. The van der Waals surface area contributed by atoms with E-state index in [1.807, 2.05) is 0 Å². The second-order valence-electron chi connectivity index (χ2n) is 22.8. The fourth-order valence-electron chi connectivity index (χ4n) is 12.4. The molecule has 28 heteroatoms. The maximum Gasteiger partial charge on any atom is 0.200 e. The Labute approximate surface area is 562 Å². The van der Waals surface area contributed by atoms with E-state index >= 15 is 87.8 Å². The third-order valence-corrected chi connectivity index (χ3v) is 17.0. The highest BCUT2D eigenvalue weighted by molar-refractivity contribution is 6.01. The van der Waals surface area contributed by atoms with Crippen molar-refractivity contribution in [3.05, 3.63) is 397 Å². The first-order valence-electron chi connectivity index (χ1n) is 29.9. The summed E-state index contributed by atoms with van der Waals surface area (Å²) in [7, 11) is 0. The third kappa shape index (κ3) is 10.00. The van der Waals surface area contributed by atoms with Crippen LogP contribution in [-0.2, 0) is 0 Å². The molecule has 6 aromatic carbocycles. The van der Waals surface area contributed by atoms with Crippen LogP contribution in [0, 0.1) is 116 Å². The standard InChI is InChI=1S/C76H26F20O8/c77-57-53(58(78)66(86)73(93)65(57)85)49-37-15-11-29(97-37)45(27-7-3-1-4-8-27)30-12-16-38(98-30)50(54-59(79)67(87)74(94)68(88)60(54)80)42-24-20-34(102-42)47(33-19-23-41(49)101-33)48-35-21-25-43(103-35)51(55-61(81)69(89)75(95)70(90)62(55)82)39-17-13-31(99-39)46(28-9-5-2-6-10-28)32-14-18-40(100-32)52(44-26-22-36(48)104-44)56-63(83)71(91)76(96)72(92)64(56)84/h1-26H/b45-29-,45-30?,46-31-,46-32?,47-33?,47-34+,48-35?,48-36+,49-37+,49-41?,50-38?,50-42+,51-39+,51-43?,52-40?,52-44+. The molecule has 0 unspecified atom stereocenters. The minimum atomic E-state index is -2.64. The molecular weight excluding hydrogens is 1420 g/mol. The highest BCUT2D eigenvalue weighted by atomic mass is 19.2.